The maximum Gasteiger partial charge on any atom is 0.281 e. The molecule has 8 nitrogen and oxygen atoms in total. The van der Waals surface area contributed by atoms with Crippen LogP contribution >= 0.6 is 0 Å². The Bertz CT molecular complexity index is 1120. The number of aromatic nitrogens is 2. The topological polar surface area (TPSA) is 106 Å². The van der Waals surface area contributed by atoms with Gasteiger partial charge in [-0.1, -0.05) is 6.58 Å². The lowest BCUT2D eigenvalue weighted by Gasteiger charge is -2.11. The number of nitrogens with one attached hydrogen (secondary N) is 1. The lowest BCUT2D eigenvalue weighted by molar-refractivity contribution is -0.116. The van der Waals surface area contributed by atoms with Crippen molar-refractivity contribution in [3.05, 3.63) is 58.9 Å². The molecule has 1 aromatic heterocycles. The molecule has 0 spiro atoms. The zero-order valence-corrected chi connectivity index (χ0v) is 17.4. The first-order valence-corrected chi connectivity index (χ1v) is 9.51. The molecule has 3 rings (SSSR count). The quantitative estimate of drug-likeness (QED) is 0.609. The molecule has 0 unspecified atom stereocenters. The first-order valence-electron chi connectivity index (χ1n) is 9.51. The Kier molecular flexibility index (Phi) is 5.86. The van der Waals surface area contributed by atoms with Gasteiger partial charge in [0.15, 0.2) is 5.78 Å². The molecule has 1 aromatic carbocycles. The first kappa shape index (κ1) is 21.0. The van der Waals surface area contributed by atoms with Gasteiger partial charge in [0.2, 0.25) is 5.91 Å². The van der Waals surface area contributed by atoms with Crippen molar-refractivity contribution in [1.82, 2.24) is 9.78 Å². The van der Waals surface area contributed by atoms with Gasteiger partial charge in [0.05, 0.1) is 17.0 Å². The smallest absolute Gasteiger partial charge is 0.281 e. The molecule has 1 aliphatic rings. The number of carbonyl (C=O) groups is 3. The van der Waals surface area contributed by atoms with Gasteiger partial charge in [-0.05, 0) is 63.9 Å². The van der Waals surface area contributed by atoms with Crippen LogP contribution in [0.15, 0.2) is 46.4 Å². The summed E-state index contributed by atoms with van der Waals surface area (Å²) >= 11 is 0. The summed E-state index contributed by atoms with van der Waals surface area (Å²) in [5, 5.41) is 7.28. The number of nitrogens with zero attached hydrogens (tertiary/aromatic N) is 4. The minimum absolute atomic E-state index is 0.0241. The highest BCUT2D eigenvalue weighted by Gasteiger charge is 2.22. The normalized spacial score (nSPS) is 13.7. The lowest BCUT2D eigenvalue weighted by atomic mass is 10.1. The van der Waals surface area contributed by atoms with E-state index < -0.39 is 5.91 Å². The maximum atomic E-state index is 12.4. The number of carbonyl (C=O) groups excluding carboxylic acids is 3. The van der Waals surface area contributed by atoms with Crippen LogP contribution in [0.25, 0.3) is 0 Å². The zero-order valence-electron chi connectivity index (χ0n) is 17.4. The minimum atomic E-state index is -0.429. The van der Waals surface area contributed by atoms with Crippen LogP contribution < -0.4 is 5.32 Å². The van der Waals surface area contributed by atoms with Crippen LogP contribution in [0.5, 0.6) is 0 Å². The molecule has 2 amide bonds. The summed E-state index contributed by atoms with van der Waals surface area (Å²) in [5.41, 5.74) is 4.44. The van der Waals surface area contributed by atoms with E-state index in [9.17, 15) is 14.4 Å². The Morgan fingerprint density at radius 3 is 2.37 bits per heavy atom. The molecule has 0 radical (unpaired) electrons. The van der Waals surface area contributed by atoms with Crippen molar-refractivity contribution in [1.29, 1.82) is 0 Å². The number of anilines is 1. The molecular weight excluding hydrogens is 382 g/mol. The van der Waals surface area contributed by atoms with Crippen molar-refractivity contribution in [3.63, 3.8) is 0 Å². The van der Waals surface area contributed by atoms with Gasteiger partial charge in [0.1, 0.15) is 0 Å². The largest absolute Gasteiger partial charge is 0.326 e. The monoisotopic (exact) mass is 405 g/mol. The SMILES string of the molecule is C=C1C(=O)N=C(n2nc(C)c(CCC(=O)Nc3ccc(C(C)=O)cc3)c2C)N=C1C. The van der Waals surface area contributed by atoms with Crippen molar-refractivity contribution in [2.45, 2.75) is 40.5 Å². The summed E-state index contributed by atoms with van der Waals surface area (Å²) in [6, 6.07) is 6.77. The van der Waals surface area contributed by atoms with Crippen molar-refractivity contribution < 1.29 is 14.4 Å². The molecule has 154 valence electrons. The average Bonchev–Trinajstić information content (AvgIpc) is 2.98. The number of hydrogen-bond acceptors (Lipinski definition) is 5. The first-order chi connectivity index (χ1) is 14.2. The molecule has 0 fully saturated rings. The van der Waals surface area contributed by atoms with E-state index in [1.807, 2.05) is 13.8 Å². The van der Waals surface area contributed by atoms with E-state index in [0.29, 0.717) is 23.4 Å². The van der Waals surface area contributed by atoms with E-state index in [4.69, 9.17) is 0 Å². The highest BCUT2D eigenvalue weighted by molar-refractivity contribution is 6.27. The fourth-order valence-corrected chi connectivity index (χ4v) is 3.13. The van der Waals surface area contributed by atoms with Crippen molar-refractivity contribution >= 4 is 35.0 Å². The predicted molar refractivity (Wildman–Crippen MR) is 115 cm³/mol. The molecule has 1 N–H and O–H groups in total. The minimum Gasteiger partial charge on any atom is -0.326 e. The number of amides is 2. The summed E-state index contributed by atoms with van der Waals surface area (Å²) in [7, 11) is 0. The van der Waals surface area contributed by atoms with Crippen molar-refractivity contribution in [2.24, 2.45) is 9.98 Å². The summed E-state index contributed by atoms with van der Waals surface area (Å²) < 4.78 is 1.52. The molecule has 1 aliphatic heterocycles. The van der Waals surface area contributed by atoms with Gasteiger partial charge in [-0.25, -0.2) is 9.67 Å². The second-order valence-electron chi connectivity index (χ2n) is 7.14. The third-order valence-corrected chi connectivity index (χ3v) is 4.97. The lowest BCUT2D eigenvalue weighted by Crippen LogP contribution is -2.23. The summed E-state index contributed by atoms with van der Waals surface area (Å²) in [4.78, 5) is 43.9. The Morgan fingerprint density at radius 1 is 1.10 bits per heavy atom. The maximum absolute atomic E-state index is 12.4. The molecular formula is C22H23N5O3. The molecule has 30 heavy (non-hydrogen) atoms. The number of aryl methyl sites for hydroxylation is 1. The van der Waals surface area contributed by atoms with Gasteiger partial charge in [-0.15, -0.1) is 0 Å². The highest BCUT2D eigenvalue weighted by Crippen LogP contribution is 2.18. The van der Waals surface area contributed by atoms with Gasteiger partial charge >= 0.3 is 0 Å². The van der Waals surface area contributed by atoms with Gasteiger partial charge < -0.3 is 5.32 Å². The van der Waals surface area contributed by atoms with E-state index in [1.54, 1.807) is 31.2 Å². The zero-order chi connectivity index (χ0) is 22.0. The number of benzene rings is 1. The standard InChI is InChI=1S/C22H23N5O3/c1-12-13(2)23-22(25-21(12)30)27-15(4)19(14(3)26-27)10-11-20(29)24-18-8-6-17(7-9-18)16(5)28/h6-9H,1,10-11H2,2-5H3,(H,24,29). The average molecular weight is 405 g/mol. The van der Waals surface area contributed by atoms with Crippen molar-refractivity contribution in [2.75, 3.05) is 5.32 Å². The summed E-state index contributed by atoms with van der Waals surface area (Å²) in [6.07, 6.45) is 0.734. The van der Waals surface area contributed by atoms with Gasteiger partial charge in [-0.2, -0.15) is 10.1 Å². The molecule has 0 bridgehead atoms. The fourth-order valence-electron chi connectivity index (χ4n) is 3.13. The number of Topliss-reactive ketones (excluding diaryl/α,β-unsaturated/α-hetero) is 1. The molecule has 2 aromatic rings. The second-order valence-corrected chi connectivity index (χ2v) is 7.14. The van der Waals surface area contributed by atoms with E-state index in [2.05, 4.69) is 27.0 Å². The Labute approximate surface area is 174 Å². The summed E-state index contributed by atoms with van der Waals surface area (Å²) in [6.45, 7) is 10.6. The Morgan fingerprint density at radius 2 is 1.77 bits per heavy atom. The molecule has 0 saturated carbocycles. The van der Waals surface area contributed by atoms with Crippen LogP contribution in [0.3, 0.4) is 0 Å². The van der Waals surface area contributed by atoms with Crippen LogP contribution in [0.4, 0.5) is 5.69 Å². The number of aliphatic imine (C=N–C) groups is 2. The number of rotatable bonds is 5. The second kappa shape index (κ2) is 8.36. The molecule has 0 saturated heterocycles. The summed E-state index contributed by atoms with van der Waals surface area (Å²) in [5.74, 6) is -0.398. The fraction of sp³-hybridized carbons (Fsp3) is 0.273. The van der Waals surface area contributed by atoms with E-state index in [-0.39, 0.29) is 29.6 Å². The molecule has 8 heteroatoms. The van der Waals surface area contributed by atoms with E-state index in [1.165, 1.54) is 11.6 Å². The number of hydrogen-bond donors (Lipinski definition) is 1. The van der Waals surface area contributed by atoms with Gasteiger partial charge in [0.25, 0.3) is 11.9 Å². The van der Waals surface area contributed by atoms with Crippen LogP contribution in [-0.4, -0.2) is 39.0 Å². The van der Waals surface area contributed by atoms with Gasteiger partial charge in [0, 0.05) is 23.4 Å². The van der Waals surface area contributed by atoms with Crippen LogP contribution in [0.1, 0.15) is 47.6 Å². The number of ketones is 1. The highest BCUT2D eigenvalue weighted by atomic mass is 16.2. The predicted octanol–water partition coefficient (Wildman–Crippen LogP) is 3.04. The third-order valence-electron chi connectivity index (χ3n) is 4.97. The van der Waals surface area contributed by atoms with Crippen LogP contribution in [0, 0.1) is 13.8 Å². The van der Waals surface area contributed by atoms with Crippen LogP contribution in [0.2, 0.25) is 0 Å². The van der Waals surface area contributed by atoms with E-state index in [0.717, 1.165) is 17.0 Å². The molecule has 0 aliphatic carbocycles. The van der Waals surface area contributed by atoms with Crippen LogP contribution in [-0.2, 0) is 16.0 Å². The van der Waals surface area contributed by atoms with Gasteiger partial charge in [-0.3, -0.25) is 14.4 Å². The van der Waals surface area contributed by atoms with E-state index >= 15 is 0 Å². The molecule has 0 atom stereocenters. The Hall–Kier alpha value is -3.68. The van der Waals surface area contributed by atoms with Crippen molar-refractivity contribution in [3.8, 4) is 0 Å². The third kappa shape index (κ3) is 4.32. The Balaban J connectivity index is 1.70. The molecule has 2 heterocycles.